The van der Waals surface area contributed by atoms with Gasteiger partial charge in [0.1, 0.15) is 0 Å². The van der Waals surface area contributed by atoms with E-state index in [2.05, 4.69) is 15.6 Å². The fraction of sp³-hybridized carbons (Fsp3) is 0.455. The monoisotopic (exact) mass is 275 g/mol. The van der Waals surface area contributed by atoms with Crippen molar-refractivity contribution in [1.82, 2.24) is 15.6 Å². The molecule has 2 unspecified atom stereocenters. The number of amides is 1. The number of carbonyl (C=O) groups excluding carboxylic acids is 1. The molecule has 1 aliphatic carbocycles. The molecule has 0 bridgehead atoms. The van der Waals surface area contributed by atoms with Gasteiger partial charge in [-0.05, 0) is 24.0 Å². The summed E-state index contributed by atoms with van der Waals surface area (Å²) in [5, 5.41) is 6.37. The van der Waals surface area contributed by atoms with E-state index in [0.29, 0.717) is 23.4 Å². The van der Waals surface area contributed by atoms with E-state index in [4.69, 9.17) is 0 Å². The molecule has 1 aromatic heterocycles. The maximum absolute atomic E-state index is 11.8. The molecule has 17 heavy (non-hydrogen) atoms. The minimum absolute atomic E-state index is 0. The number of carbonyl (C=O) groups is 1. The Labute approximate surface area is 112 Å². The Morgan fingerprint density at radius 3 is 2.41 bits per heavy atom. The molecular formula is C11H15Cl2N3O. The van der Waals surface area contributed by atoms with Crippen molar-refractivity contribution in [1.29, 1.82) is 0 Å². The van der Waals surface area contributed by atoms with Crippen LogP contribution in [0.4, 0.5) is 0 Å². The molecule has 1 aliphatic heterocycles. The van der Waals surface area contributed by atoms with Gasteiger partial charge in [0.2, 0.25) is 0 Å². The van der Waals surface area contributed by atoms with Gasteiger partial charge in [-0.25, -0.2) is 0 Å². The first-order valence-electron chi connectivity index (χ1n) is 5.28. The van der Waals surface area contributed by atoms with Crippen LogP contribution in [-0.2, 0) is 0 Å². The van der Waals surface area contributed by atoms with Crippen LogP contribution in [0.3, 0.4) is 0 Å². The number of aromatic nitrogens is 1. The van der Waals surface area contributed by atoms with E-state index in [1.54, 1.807) is 24.5 Å². The van der Waals surface area contributed by atoms with Crippen molar-refractivity contribution in [3.63, 3.8) is 0 Å². The van der Waals surface area contributed by atoms with Gasteiger partial charge in [-0.15, -0.1) is 24.8 Å². The average Bonchev–Trinajstić information content (AvgIpc) is 2.75. The lowest BCUT2D eigenvalue weighted by Gasteiger charge is -2.07. The van der Waals surface area contributed by atoms with Crippen molar-refractivity contribution >= 4 is 30.7 Å². The Hall–Kier alpha value is -0.840. The molecule has 2 atom stereocenters. The lowest BCUT2D eigenvalue weighted by Crippen LogP contribution is -2.32. The number of pyridine rings is 1. The summed E-state index contributed by atoms with van der Waals surface area (Å²) in [6.07, 6.45) is 3.29. The van der Waals surface area contributed by atoms with Gasteiger partial charge in [0.25, 0.3) is 5.91 Å². The van der Waals surface area contributed by atoms with E-state index in [9.17, 15) is 4.79 Å². The lowest BCUT2D eigenvalue weighted by atomic mass is 10.2. The number of hydrogen-bond donors (Lipinski definition) is 2. The van der Waals surface area contributed by atoms with Crippen LogP contribution in [0.25, 0.3) is 0 Å². The zero-order valence-corrected chi connectivity index (χ0v) is 10.8. The molecular weight excluding hydrogens is 261 g/mol. The fourth-order valence-corrected chi connectivity index (χ4v) is 2.37. The third kappa shape index (κ3) is 2.70. The van der Waals surface area contributed by atoms with E-state index in [1.807, 2.05) is 0 Å². The van der Waals surface area contributed by atoms with Gasteiger partial charge in [0.05, 0.1) is 0 Å². The molecule has 1 aromatic rings. The van der Waals surface area contributed by atoms with Crippen LogP contribution in [0.2, 0.25) is 0 Å². The molecule has 0 aromatic carbocycles. The van der Waals surface area contributed by atoms with E-state index in [-0.39, 0.29) is 30.7 Å². The predicted molar refractivity (Wildman–Crippen MR) is 69.8 cm³/mol. The second kappa shape index (κ2) is 5.67. The second-order valence-corrected chi connectivity index (χ2v) is 4.22. The molecule has 1 amide bonds. The van der Waals surface area contributed by atoms with Crippen molar-refractivity contribution < 1.29 is 4.79 Å². The van der Waals surface area contributed by atoms with Crippen molar-refractivity contribution in [2.75, 3.05) is 13.1 Å². The third-order valence-corrected chi connectivity index (χ3v) is 3.33. The lowest BCUT2D eigenvalue weighted by molar-refractivity contribution is 0.0946. The standard InChI is InChI=1S/C11H13N3O.2ClH/c15-11(7-1-3-12-4-2-7)14-10-8-5-13-6-9(8)10;;/h1-4,8-10,13H,5-6H2,(H,14,15);2*1H. The van der Waals surface area contributed by atoms with Crippen molar-refractivity contribution in [3.05, 3.63) is 30.1 Å². The van der Waals surface area contributed by atoms with Gasteiger partial charge in [-0.3, -0.25) is 9.78 Å². The Kier molecular flexibility index (Phi) is 4.74. The molecule has 2 aliphatic rings. The summed E-state index contributed by atoms with van der Waals surface area (Å²) >= 11 is 0. The van der Waals surface area contributed by atoms with Gasteiger partial charge in [0.15, 0.2) is 0 Å². The third-order valence-electron chi connectivity index (χ3n) is 3.33. The minimum Gasteiger partial charge on any atom is -0.349 e. The minimum atomic E-state index is 0. The van der Waals surface area contributed by atoms with E-state index in [1.165, 1.54) is 0 Å². The average molecular weight is 276 g/mol. The number of piperidine rings is 1. The SMILES string of the molecule is Cl.Cl.O=C(NC1C2CNCC21)c1ccncc1. The van der Waals surface area contributed by atoms with Crippen LogP contribution in [0.5, 0.6) is 0 Å². The predicted octanol–water partition coefficient (Wildman–Crippen LogP) is 0.873. The largest absolute Gasteiger partial charge is 0.349 e. The molecule has 1 saturated heterocycles. The topological polar surface area (TPSA) is 54.0 Å². The molecule has 2 fully saturated rings. The smallest absolute Gasteiger partial charge is 0.251 e. The Morgan fingerprint density at radius 1 is 1.24 bits per heavy atom. The van der Waals surface area contributed by atoms with E-state index < -0.39 is 0 Å². The summed E-state index contributed by atoms with van der Waals surface area (Å²) in [5.74, 6) is 1.35. The van der Waals surface area contributed by atoms with Crippen LogP contribution in [0, 0.1) is 11.8 Å². The molecule has 2 heterocycles. The molecule has 3 rings (SSSR count). The van der Waals surface area contributed by atoms with Gasteiger partial charge in [0, 0.05) is 37.1 Å². The van der Waals surface area contributed by atoms with Crippen LogP contribution >= 0.6 is 24.8 Å². The number of fused-ring (bicyclic) bond motifs is 1. The highest BCUT2D eigenvalue weighted by atomic mass is 35.5. The molecule has 1 saturated carbocycles. The summed E-state index contributed by atoms with van der Waals surface area (Å²) in [4.78, 5) is 15.7. The molecule has 6 heteroatoms. The van der Waals surface area contributed by atoms with E-state index in [0.717, 1.165) is 13.1 Å². The zero-order valence-electron chi connectivity index (χ0n) is 9.13. The van der Waals surface area contributed by atoms with Gasteiger partial charge in [-0.2, -0.15) is 0 Å². The van der Waals surface area contributed by atoms with Gasteiger partial charge >= 0.3 is 0 Å². The first-order valence-corrected chi connectivity index (χ1v) is 5.28. The van der Waals surface area contributed by atoms with Crippen LogP contribution < -0.4 is 10.6 Å². The Morgan fingerprint density at radius 2 is 1.82 bits per heavy atom. The normalized spacial score (nSPS) is 28.4. The second-order valence-electron chi connectivity index (χ2n) is 4.22. The number of nitrogens with zero attached hydrogens (tertiary/aromatic N) is 1. The first-order chi connectivity index (χ1) is 7.36. The van der Waals surface area contributed by atoms with Crippen LogP contribution in [0.15, 0.2) is 24.5 Å². The summed E-state index contributed by atoms with van der Waals surface area (Å²) in [6, 6.07) is 3.88. The molecule has 2 N–H and O–H groups in total. The van der Waals surface area contributed by atoms with E-state index >= 15 is 0 Å². The number of rotatable bonds is 2. The maximum atomic E-state index is 11.8. The quantitative estimate of drug-likeness (QED) is 0.843. The summed E-state index contributed by atoms with van der Waals surface area (Å²) in [5.41, 5.74) is 0.697. The van der Waals surface area contributed by atoms with Crippen LogP contribution in [0.1, 0.15) is 10.4 Å². The maximum Gasteiger partial charge on any atom is 0.251 e. The highest BCUT2D eigenvalue weighted by Crippen LogP contribution is 2.41. The molecule has 0 radical (unpaired) electrons. The van der Waals surface area contributed by atoms with Gasteiger partial charge in [-0.1, -0.05) is 0 Å². The Bertz CT molecular complexity index is 378. The van der Waals surface area contributed by atoms with Crippen molar-refractivity contribution in [2.45, 2.75) is 6.04 Å². The van der Waals surface area contributed by atoms with Crippen molar-refractivity contribution in [2.24, 2.45) is 11.8 Å². The highest BCUT2D eigenvalue weighted by molar-refractivity contribution is 5.94. The fourth-order valence-electron chi connectivity index (χ4n) is 2.37. The van der Waals surface area contributed by atoms with Crippen molar-refractivity contribution in [3.8, 4) is 0 Å². The summed E-state index contributed by atoms with van der Waals surface area (Å²) in [6.45, 7) is 2.10. The number of halogens is 2. The molecule has 94 valence electrons. The Balaban J connectivity index is 0.000000722. The first kappa shape index (κ1) is 14.2. The summed E-state index contributed by atoms with van der Waals surface area (Å²) < 4.78 is 0. The number of nitrogens with one attached hydrogen (secondary N) is 2. The molecule has 0 spiro atoms. The zero-order chi connectivity index (χ0) is 10.3. The summed E-state index contributed by atoms with van der Waals surface area (Å²) in [7, 11) is 0. The number of hydrogen-bond acceptors (Lipinski definition) is 3. The van der Waals surface area contributed by atoms with Gasteiger partial charge < -0.3 is 10.6 Å². The van der Waals surface area contributed by atoms with Crippen LogP contribution in [-0.4, -0.2) is 30.0 Å². The highest BCUT2D eigenvalue weighted by Gasteiger charge is 2.53. The molecule has 4 nitrogen and oxygen atoms in total.